The summed E-state index contributed by atoms with van der Waals surface area (Å²) in [5.41, 5.74) is 9.28. The third kappa shape index (κ3) is 5.80. The molecule has 5 aromatic carbocycles. The number of hydrogen-bond acceptors (Lipinski definition) is 2. The van der Waals surface area contributed by atoms with Gasteiger partial charge < -0.3 is 0 Å². The van der Waals surface area contributed by atoms with Gasteiger partial charge >= 0.3 is 0 Å². The zero-order chi connectivity index (χ0) is 30.9. The molecule has 0 aliphatic carbocycles. The van der Waals surface area contributed by atoms with Gasteiger partial charge in [0.1, 0.15) is 11.6 Å². The van der Waals surface area contributed by atoms with Crippen molar-refractivity contribution in [3.63, 3.8) is 0 Å². The second-order valence-corrected chi connectivity index (χ2v) is 13.3. The van der Waals surface area contributed by atoms with E-state index in [0.717, 1.165) is 39.4 Å². The Labute approximate surface area is 260 Å². The van der Waals surface area contributed by atoms with Crippen molar-refractivity contribution in [1.29, 1.82) is 0 Å². The Kier molecular flexibility index (Phi) is 7.69. The van der Waals surface area contributed by atoms with E-state index in [2.05, 4.69) is 160 Å². The van der Waals surface area contributed by atoms with Crippen LogP contribution >= 0.6 is 0 Å². The molecule has 2 aromatic heterocycles. The van der Waals surface area contributed by atoms with Crippen LogP contribution in [0.2, 0.25) is 0 Å². The summed E-state index contributed by atoms with van der Waals surface area (Å²) in [6, 6.07) is 46.3. The molecule has 0 atom stereocenters. The highest BCUT2D eigenvalue weighted by Gasteiger charge is 2.23. The largest absolute Gasteiger partial charge is 0.296 e. The predicted molar refractivity (Wildman–Crippen MR) is 185 cm³/mol. The van der Waals surface area contributed by atoms with Crippen molar-refractivity contribution < 1.29 is 0 Å². The van der Waals surface area contributed by atoms with E-state index < -0.39 is 0 Å². The minimum absolute atomic E-state index is 0.00879. The van der Waals surface area contributed by atoms with E-state index in [1.165, 1.54) is 16.8 Å². The summed E-state index contributed by atoms with van der Waals surface area (Å²) in [5.74, 6) is 2.08. The molecule has 0 unspecified atom stereocenters. The smallest absolute Gasteiger partial charge is 0.145 e. The molecule has 0 aliphatic rings. The number of fused-ring (bicyclic) bond motifs is 2. The van der Waals surface area contributed by atoms with Crippen LogP contribution in [0.5, 0.6) is 0 Å². The van der Waals surface area contributed by atoms with E-state index in [9.17, 15) is 0 Å². The maximum atomic E-state index is 4.91. The van der Waals surface area contributed by atoms with Crippen LogP contribution in [0.15, 0.2) is 133 Å². The average Bonchev–Trinajstić information content (AvgIpc) is 3.62. The normalized spacial score (nSPS) is 11.9. The van der Waals surface area contributed by atoms with E-state index in [1.54, 1.807) is 0 Å². The zero-order valence-corrected chi connectivity index (χ0v) is 26.5. The fourth-order valence-corrected chi connectivity index (χ4v) is 5.54. The molecule has 0 bridgehead atoms. The molecule has 0 radical (unpaired) electrons. The van der Waals surface area contributed by atoms with Crippen molar-refractivity contribution in [3.05, 3.63) is 145 Å². The van der Waals surface area contributed by atoms with E-state index in [0.29, 0.717) is 0 Å². The molecule has 0 amide bonds. The Balaban J connectivity index is 0.000000162. The van der Waals surface area contributed by atoms with Crippen LogP contribution in [-0.2, 0) is 10.8 Å². The first-order chi connectivity index (χ1) is 21.1. The predicted octanol–water partition coefficient (Wildman–Crippen LogP) is 10.3. The molecule has 0 spiro atoms. The molecular weight excluding hydrogens is 536 g/mol. The van der Waals surface area contributed by atoms with Crippen LogP contribution in [0.4, 0.5) is 0 Å². The standard InChI is InChI=1S/C23H22N2.C17H18N2/c1-23(2,3)18-15-13-17(14-16-18)22-24-20-11-7-8-12-21(20)25(22)19-9-5-4-6-10-19;1-17(2,3)16-18-14-11-7-8-12-15(14)19(16)13-9-5-4-6-10-13/h4-16H,1-3H3;4-12H,1-3H3. The van der Waals surface area contributed by atoms with Gasteiger partial charge in [0.15, 0.2) is 0 Å². The third-order valence-electron chi connectivity index (χ3n) is 7.83. The SMILES string of the molecule is CC(C)(C)c1ccc(-c2nc3ccccc3n2-c2ccccc2)cc1.CC(C)(C)c1nc2ccccc2n1-c1ccccc1. The quantitative estimate of drug-likeness (QED) is 0.210. The second kappa shape index (κ2) is 11.6. The Morgan fingerprint density at radius 1 is 0.432 bits per heavy atom. The molecule has 7 aromatic rings. The van der Waals surface area contributed by atoms with E-state index in [-0.39, 0.29) is 10.8 Å². The van der Waals surface area contributed by atoms with Crippen molar-refractivity contribution >= 4 is 22.1 Å². The van der Waals surface area contributed by atoms with E-state index in [1.807, 2.05) is 24.3 Å². The lowest BCUT2D eigenvalue weighted by molar-refractivity contribution is 0.539. The minimum atomic E-state index is 0.00879. The maximum Gasteiger partial charge on any atom is 0.145 e. The van der Waals surface area contributed by atoms with Crippen LogP contribution in [0.25, 0.3) is 44.8 Å². The molecule has 4 heteroatoms. The first-order valence-corrected chi connectivity index (χ1v) is 15.3. The summed E-state index contributed by atoms with van der Waals surface area (Å²) in [5, 5.41) is 0. The molecule has 2 heterocycles. The monoisotopic (exact) mass is 576 g/mol. The van der Waals surface area contributed by atoms with E-state index in [4.69, 9.17) is 9.97 Å². The van der Waals surface area contributed by atoms with Crippen molar-refractivity contribution in [2.75, 3.05) is 0 Å². The molecule has 0 fully saturated rings. The number of nitrogens with zero attached hydrogens (tertiary/aromatic N) is 4. The highest BCUT2D eigenvalue weighted by atomic mass is 15.1. The lowest BCUT2D eigenvalue weighted by Crippen LogP contribution is -2.18. The summed E-state index contributed by atoms with van der Waals surface area (Å²) < 4.78 is 4.50. The number of hydrogen-bond donors (Lipinski definition) is 0. The molecule has 0 saturated carbocycles. The maximum absolute atomic E-state index is 4.91. The van der Waals surface area contributed by atoms with Gasteiger partial charge in [0, 0.05) is 22.4 Å². The number of aromatic nitrogens is 4. The van der Waals surface area contributed by atoms with Gasteiger partial charge in [-0.2, -0.15) is 0 Å². The van der Waals surface area contributed by atoms with Crippen LogP contribution in [0.1, 0.15) is 52.9 Å². The number of benzene rings is 5. The van der Waals surface area contributed by atoms with Gasteiger partial charge in [0.25, 0.3) is 0 Å². The fourth-order valence-electron chi connectivity index (χ4n) is 5.54. The molecule has 0 aliphatic heterocycles. The Hall–Kier alpha value is -4.96. The molecule has 220 valence electrons. The Bertz CT molecular complexity index is 2000. The second-order valence-electron chi connectivity index (χ2n) is 13.3. The first kappa shape index (κ1) is 29.1. The molecule has 0 N–H and O–H groups in total. The lowest BCUT2D eigenvalue weighted by Gasteiger charge is -2.20. The first-order valence-electron chi connectivity index (χ1n) is 15.3. The van der Waals surface area contributed by atoms with Gasteiger partial charge in [-0.15, -0.1) is 0 Å². The third-order valence-corrected chi connectivity index (χ3v) is 7.83. The van der Waals surface area contributed by atoms with E-state index >= 15 is 0 Å². The summed E-state index contributed by atoms with van der Waals surface area (Å²) >= 11 is 0. The van der Waals surface area contributed by atoms with Gasteiger partial charge in [0.05, 0.1) is 22.1 Å². The highest BCUT2D eigenvalue weighted by Crippen LogP contribution is 2.31. The van der Waals surface area contributed by atoms with Crippen LogP contribution in [0, 0.1) is 0 Å². The van der Waals surface area contributed by atoms with Crippen LogP contribution in [0.3, 0.4) is 0 Å². The highest BCUT2D eigenvalue weighted by molar-refractivity contribution is 5.83. The van der Waals surface area contributed by atoms with Crippen LogP contribution < -0.4 is 0 Å². The number of rotatable bonds is 3. The minimum Gasteiger partial charge on any atom is -0.296 e. The molecule has 7 rings (SSSR count). The van der Waals surface area contributed by atoms with Gasteiger partial charge in [0.2, 0.25) is 0 Å². The molecule has 4 nitrogen and oxygen atoms in total. The molecular formula is C40H40N4. The molecule has 44 heavy (non-hydrogen) atoms. The van der Waals surface area contributed by atoms with Gasteiger partial charge in [-0.3, -0.25) is 9.13 Å². The van der Waals surface area contributed by atoms with Gasteiger partial charge in [-0.05, 0) is 59.5 Å². The molecule has 0 saturated heterocycles. The van der Waals surface area contributed by atoms with Crippen molar-refractivity contribution in [3.8, 4) is 22.8 Å². The summed E-state index contributed by atoms with van der Waals surface area (Å²) in [4.78, 5) is 9.74. The summed E-state index contributed by atoms with van der Waals surface area (Å²) in [6.07, 6.45) is 0. The average molecular weight is 577 g/mol. The van der Waals surface area contributed by atoms with Gasteiger partial charge in [-0.1, -0.05) is 126 Å². The Morgan fingerprint density at radius 2 is 0.886 bits per heavy atom. The van der Waals surface area contributed by atoms with Crippen molar-refractivity contribution in [1.82, 2.24) is 19.1 Å². The van der Waals surface area contributed by atoms with Gasteiger partial charge in [-0.25, -0.2) is 9.97 Å². The lowest BCUT2D eigenvalue weighted by atomic mass is 9.87. The number of para-hydroxylation sites is 6. The zero-order valence-electron chi connectivity index (χ0n) is 26.5. The Morgan fingerprint density at radius 3 is 1.41 bits per heavy atom. The summed E-state index contributed by atoms with van der Waals surface area (Å²) in [7, 11) is 0. The number of imidazole rings is 2. The fraction of sp³-hybridized carbons (Fsp3) is 0.200. The van der Waals surface area contributed by atoms with Crippen molar-refractivity contribution in [2.45, 2.75) is 52.4 Å². The van der Waals surface area contributed by atoms with Crippen LogP contribution in [-0.4, -0.2) is 19.1 Å². The van der Waals surface area contributed by atoms with Crippen molar-refractivity contribution in [2.24, 2.45) is 0 Å². The summed E-state index contributed by atoms with van der Waals surface area (Å²) in [6.45, 7) is 13.3. The topological polar surface area (TPSA) is 35.6 Å².